The lowest BCUT2D eigenvalue weighted by molar-refractivity contribution is -0.122. The van der Waals surface area contributed by atoms with Crippen LogP contribution in [0.5, 0.6) is 11.5 Å². The normalized spacial score (nSPS) is 11.0. The van der Waals surface area contributed by atoms with Gasteiger partial charge in [0.15, 0.2) is 17.6 Å². The molecule has 0 aliphatic carbocycles. The van der Waals surface area contributed by atoms with Crippen molar-refractivity contribution in [3.63, 3.8) is 0 Å². The second-order valence-corrected chi connectivity index (χ2v) is 4.97. The van der Waals surface area contributed by atoms with Crippen LogP contribution in [0.25, 0.3) is 0 Å². The molecule has 0 heterocycles. The van der Waals surface area contributed by atoms with E-state index in [0.29, 0.717) is 34.6 Å². The number of nitrogens with zero attached hydrogens (tertiary/aromatic N) is 1. The first-order valence-electron chi connectivity index (χ1n) is 7.18. The number of hydrogen-bond donors (Lipinski definition) is 1. The summed E-state index contributed by atoms with van der Waals surface area (Å²) in [5.74, 6) is 0.355. The average Bonchev–Trinajstić information content (AvgIpc) is 2.62. The van der Waals surface area contributed by atoms with Gasteiger partial charge < -0.3 is 14.8 Å². The van der Waals surface area contributed by atoms with Crippen molar-refractivity contribution in [2.24, 2.45) is 0 Å². The lowest BCUT2D eigenvalue weighted by Gasteiger charge is -2.17. The fourth-order valence-corrected chi connectivity index (χ4v) is 2.01. The minimum atomic E-state index is -0.799. The molecule has 6 nitrogen and oxygen atoms in total. The Morgan fingerprint density at radius 2 is 2.04 bits per heavy atom. The van der Waals surface area contributed by atoms with Crippen LogP contribution in [0.1, 0.15) is 22.8 Å². The molecule has 0 aromatic heterocycles. The molecule has 2 rings (SSSR count). The number of anilines is 1. The highest BCUT2D eigenvalue weighted by atomic mass is 16.5. The van der Waals surface area contributed by atoms with E-state index in [0.717, 1.165) is 0 Å². The van der Waals surface area contributed by atoms with Crippen molar-refractivity contribution in [1.82, 2.24) is 0 Å². The van der Waals surface area contributed by atoms with E-state index in [2.05, 4.69) is 5.32 Å². The topological polar surface area (TPSA) is 88.4 Å². The van der Waals surface area contributed by atoms with E-state index in [1.54, 1.807) is 43.3 Å². The Kier molecular flexibility index (Phi) is 5.53. The van der Waals surface area contributed by atoms with Crippen LogP contribution in [0.2, 0.25) is 0 Å². The molecule has 0 saturated heterocycles. The number of methoxy groups -OCH3 is 1. The Morgan fingerprint density at radius 3 is 2.71 bits per heavy atom. The van der Waals surface area contributed by atoms with Gasteiger partial charge in [0.05, 0.1) is 18.7 Å². The molecule has 1 N–H and O–H groups in total. The number of amides is 1. The molecule has 6 heteroatoms. The monoisotopic (exact) mass is 324 g/mol. The zero-order valence-electron chi connectivity index (χ0n) is 13.3. The van der Waals surface area contributed by atoms with Crippen molar-refractivity contribution in [2.75, 3.05) is 12.4 Å². The minimum Gasteiger partial charge on any atom is -0.493 e. The van der Waals surface area contributed by atoms with Gasteiger partial charge in [-0.05, 0) is 43.3 Å². The van der Waals surface area contributed by atoms with Gasteiger partial charge in [-0.25, -0.2) is 0 Å². The van der Waals surface area contributed by atoms with E-state index in [-0.39, 0.29) is 5.91 Å². The van der Waals surface area contributed by atoms with Crippen LogP contribution < -0.4 is 14.8 Å². The first-order chi connectivity index (χ1) is 11.6. The van der Waals surface area contributed by atoms with Crippen molar-refractivity contribution in [3.8, 4) is 17.6 Å². The zero-order valence-corrected chi connectivity index (χ0v) is 13.3. The second kappa shape index (κ2) is 7.79. The quantitative estimate of drug-likeness (QED) is 0.825. The maximum atomic E-state index is 12.2. The summed E-state index contributed by atoms with van der Waals surface area (Å²) in [6, 6.07) is 13.3. The summed E-state index contributed by atoms with van der Waals surface area (Å²) in [7, 11) is 1.45. The number of rotatable bonds is 6. The molecule has 0 radical (unpaired) electrons. The summed E-state index contributed by atoms with van der Waals surface area (Å²) in [5, 5.41) is 11.6. The first kappa shape index (κ1) is 17.0. The maximum Gasteiger partial charge on any atom is 0.265 e. The summed E-state index contributed by atoms with van der Waals surface area (Å²) in [6.45, 7) is 1.59. The van der Waals surface area contributed by atoms with Crippen LogP contribution >= 0.6 is 0 Å². The van der Waals surface area contributed by atoms with E-state index in [9.17, 15) is 9.59 Å². The number of benzene rings is 2. The SMILES string of the molecule is COc1cc(C=O)ccc1O[C@H](C)C(=O)Nc1cccc(C#N)c1. The molecular formula is C18H16N2O4. The van der Waals surface area contributed by atoms with Gasteiger partial charge in [-0.2, -0.15) is 5.26 Å². The summed E-state index contributed by atoms with van der Waals surface area (Å²) < 4.78 is 10.8. The van der Waals surface area contributed by atoms with Crippen molar-refractivity contribution in [2.45, 2.75) is 13.0 Å². The van der Waals surface area contributed by atoms with Crippen LogP contribution in [-0.4, -0.2) is 25.4 Å². The highest BCUT2D eigenvalue weighted by Gasteiger charge is 2.17. The third kappa shape index (κ3) is 4.11. The first-order valence-corrected chi connectivity index (χ1v) is 7.18. The van der Waals surface area contributed by atoms with Gasteiger partial charge in [0.25, 0.3) is 5.91 Å². The molecule has 0 aliphatic rings. The Hall–Kier alpha value is -3.33. The molecule has 122 valence electrons. The van der Waals surface area contributed by atoms with Crippen LogP contribution in [0.3, 0.4) is 0 Å². The van der Waals surface area contributed by atoms with Gasteiger partial charge in [-0.1, -0.05) is 6.07 Å². The molecular weight excluding hydrogens is 308 g/mol. The van der Waals surface area contributed by atoms with E-state index >= 15 is 0 Å². The van der Waals surface area contributed by atoms with E-state index in [4.69, 9.17) is 14.7 Å². The number of carbonyl (C=O) groups is 2. The van der Waals surface area contributed by atoms with Crippen LogP contribution in [-0.2, 0) is 4.79 Å². The highest BCUT2D eigenvalue weighted by molar-refractivity contribution is 5.94. The predicted molar refractivity (Wildman–Crippen MR) is 88.3 cm³/mol. The molecule has 2 aromatic rings. The van der Waals surface area contributed by atoms with Gasteiger partial charge in [0.1, 0.15) is 6.29 Å². The average molecular weight is 324 g/mol. The molecule has 0 bridgehead atoms. The number of ether oxygens (including phenoxy) is 2. The van der Waals surface area contributed by atoms with Gasteiger partial charge in [-0.15, -0.1) is 0 Å². The second-order valence-electron chi connectivity index (χ2n) is 4.97. The van der Waals surface area contributed by atoms with Crippen molar-refractivity contribution in [1.29, 1.82) is 5.26 Å². The smallest absolute Gasteiger partial charge is 0.265 e. The van der Waals surface area contributed by atoms with Crippen LogP contribution in [0.4, 0.5) is 5.69 Å². The van der Waals surface area contributed by atoms with Gasteiger partial charge >= 0.3 is 0 Å². The van der Waals surface area contributed by atoms with Gasteiger partial charge in [0, 0.05) is 11.3 Å². The van der Waals surface area contributed by atoms with Crippen LogP contribution in [0.15, 0.2) is 42.5 Å². The molecule has 0 saturated carbocycles. The molecule has 0 unspecified atom stereocenters. The molecule has 0 spiro atoms. The third-order valence-corrected chi connectivity index (χ3v) is 3.26. The lowest BCUT2D eigenvalue weighted by Crippen LogP contribution is -2.30. The summed E-state index contributed by atoms with van der Waals surface area (Å²) in [6.07, 6.45) is -0.100. The van der Waals surface area contributed by atoms with E-state index < -0.39 is 6.10 Å². The molecule has 24 heavy (non-hydrogen) atoms. The van der Waals surface area contributed by atoms with E-state index in [1.165, 1.54) is 13.2 Å². The fourth-order valence-electron chi connectivity index (χ4n) is 2.01. The Morgan fingerprint density at radius 1 is 1.25 bits per heavy atom. The largest absolute Gasteiger partial charge is 0.493 e. The molecule has 0 fully saturated rings. The third-order valence-electron chi connectivity index (χ3n) is 3.26. The van der Waals surface area contributed by atoms with Crippen molar-refractivity contribution < 1.29 is 19.1 Å². The fraction of sp³-hybridized carbons (Fsp3) is 0.167. The molecule has 1 atom stereocenters. The number of carbonyl (C=O) groups excluding carboxylic acids is 2. The van der Waals surface area contributed by atoms with Crippen molar-refractivity contribution >= 4 is 17.9 Å². The Labute approximate surface area is 139 Å². The van der Waals surface area contributed by atoms with Crippen molar-refractivity contribution in [3.05, 3.63) is 53.6 Å². The summed E-state index contributed by atoms with van der Waals surface area (Å²) in [4.78, 5) is 23.0. The number of nitrogens with one attached hydrogen (secondary N) is 1. The van der Waals surface area contributed by atoms with Crippen LogP contribution in [0, 0.1) is 11.3 Å². The minimum absolute atomic E-state index is 0.358. The lowest BCUT2D eigenvalue weighted by atomic mass is 10.2. The zero-order chi connectivity index (χ0) is 17.5. The molecule has 1 amide bonds. The Bertz CT molecular complexity index is 796. The summed E-state index contributed by atoms with van der Waals surface area (Å²) in [5.41, 5.74) is 1.41. The number of hydrogen-bond acceptors (Lipinski definition) is 5. The number of nitriles is 1. The standard InChI is InChI=1S/C18H16N2O4/c1-12(18(22)20-15-5-3-4-13(8-15)10-19)24-16-7-6-14(11-21)9-17(16)23-2/h3-9,11-12H,1-2H3,(H,20,22)/t12-/m1/s1. The highest BCUT2D eigenvalue weighted by Crippen LogP contribution is 2.28. The summed E-state index contributed by atoms with van der Waals surface area (Å²) >= 11 is 0. The molecule has 2 aromatic carbocycles. The van der Waals surface area contributed by atoms with Gasteiger partial charge in [0.2, 0.25) is 0 Å². The van der Waals surface area contributed by atoms with Gasteiger partial charge in [-0.3, -0.25) is 9.59 Å². The van der Waals surface area contributed by atoms with E-state index in [1.807, 2.05) is 6.07 Å². The number of aldehydes is 1. The molecule has 0 aliphatic heterocycles. The maximum absolute atomic E-state index is 12.2. The Balaban J connectivity index is 2.08. The predicted octanol–water partition coefficient (Wildman–Crippen LogP) is 2.79.